The molecule has 0 spiro atoms. The minimum Gasteiger partial charge on any atom is -0.481 e. The Morgan fingerprint density at radius 1 is 1.47 bits per heavy atom. The SMILES string of the molecule is CCC(C)(CNC(=O)c1c[nH]c(C)cc1=O)C(=O)O. The maximum Gasteiger partial charge on any atom is 0.311 e. The number of amides is 1. The molecule has 0 saturated carbocycles. The van der Waals surface area contributed by atoms with Crippen molar-refractivity contribution >= 4 is 11.9 Å². The molecule has 1 amide bonds. The number of H-pyrrole nitrogens is 1. The second-order valence-electron chi connectivity index (χ2n) is 4.80. The number of pyridine rings is 1. The average Bonchev–Trinajstić information content (AvgIpc) is 2.35. The van der Waals surface area contributed by atoms with Crippen LogP contribution in [0.2, 0.25) is 0 Å². The molecule has 1 rings (SSSR count). The summed E-state index contributed by atoms with van der Waals surface area (Å²) < 4.78 is 0. The fourth-order valence-electron chi connectivity index (χ4n) is 1.47. The summed E-state index contributed by atoms with van der Waals surface area (Å²) in [5.74, 6) is -1.55. The van der Waals surface area contributed by atoms with Crippen molar-refractivity contribution in [3.63, 3.8) is 0 Å². The van der Waals surface area contributed by atoms with Gasteiger partial charge in [-0.3, -0.25) is 14.4 Å². The van der Waals surface area contributed by atoms with Crippen molar-refractivity contribution in [2.24, 2.45) is 5.41 Å². The molecule has 0 aliphatic heterocycles. The normalized spacial score (nSPS) is 13.6. The van der Waals surface area contributed by atoms with Gasteiger partial charge in [0.05, 0.1) is 5.41 Å². The Balaban J connectivity index is 2.81. The van der Waals surface area contributed by atoms with E-state index in [0.29, 0.717) is 12.1 Å². The predicted molar refractivity (Wildman–Crippen MR) is 70.2 cm³/mol. The summed E-state index contributed by atoms with van der Waals surface area (Å²) in [5, 5.41) is 11.6. The molecule has 0 radical (unpaired) electrons. The van der Waals surface area contributed by atoms with Gasteiger partial charge in [-0.25, -0.2) is 0 Å². The molecule has 1 heterocycles. The topological polar surface area (TPSA) is 99.3 Å². The monoisotopic (exact) mass is 266 g/mol. The van der Waals surface area contributed by atoms with Gasteiger partial charge in [0, 0.05) is 24.5 Å². The van der Waals surface area contributed by atoms with Gasteiger partial charge in [-0.1, -0.05) is 6.92 Å². The lowest BCUT2D eigenvalue weighted by atomic mass is 9.87. The number of carbonyl (C=O) groups is 2. The molecular formula is C13H18N2O4. The fraction of sp³-hybridized carbons (Fsp3) is 0.462. The summed E-state index contributed by atoms with van der Waals surface area (Å²) in [6.45, 7) is 4.97. The van der Waals surface area contributed by atoms with Crippen molar-refractivity contribution in [1.82, 2.24) is 10.3 Å². The smallest absolute Gasteiger partial charge is 0.311 e. The van der Waals surface area contributed by atoms with E-state index in [-0.39, 0.29) is 17.5 Å². The van der Waals surface area contributed by atoms with Crippen molar-refractivity contribution in [3.05, 3.63) is 33.7 Å². The number of aliphatic carboxylic acids is 1. The minimum atomic E-state index is -1.03. The van der Waals surface area contributed by atoms with E-state index < -0.39 is 17.3 Å². The molecule has 0 bridgehead atoms. The first-order chi connectivity index (χ1) is 8.80. The Morgan fingerprint density at radius 2 is 2.11 bits per heavy atom. The third kappa shape index (κ3) is 3.43. The first-order valence-electron chi connectivity index (χ1n) is 6.01. The van der Waals surface area contributed by atoms with Gasteiger partial charge in [-0.2, -0.15) is 0 Å². The van der Waals surface area contributed by atoms with Gasteiger partial charge in [0.1, 0.15) is 5.56 Å². The summed E-state index contributed by atoms with van der Waals surface area (Å²) in [6.07, 6.45) is 1.71. The molecule has 6 nitrogen and oxygen atoms in total. The lowest BCUT2D eigenvalue weighted by Gasteiger charge is -2.23. The molecule has 104 valence electrons. The molecule has 0 fully saturated rings. The lowest BCUT2D eigenvalue weighted by Crippen LogP contribution is -2.41. The van der Waals surface area contributed by atoms with Gasteiger partial charge in [0.25, 0.3) is 5.91 Å². The average molecular weight is 266 g/mol. The number of hydrogen-bond acceptors (Lipinski definition) is 3. The Labute approximate surface area is 110 Å². The summed E-state index contributed by atoms with van der Waals surface area (Å²) >= 11 is 0. The molecular weight excluding hydrogens is 248 g/mol. The number of hydrogen-bond donors (Lipinski definition) is 3. The maximum absolute atomic E-state index is 11.8. The van der Waals surface area contributed by atoms with Crippen molar-refractivity contribution < 1.29 is 14.7 Å². The number of nitrogens with one attached hydrogen (secondary N) is 2. The van der Waals surface area contributed by atoms with Crippen LogP contribution in [-0.2, 0) is 4.79 Å². The van der Waals surface area contributed by atoms with E-state index >= 15 is 0 Å². The molecule has 0 saturated heterocycles. The van der Waals surface area contributed by atoms with E-state index in [2.05, 4.69) is 10.3 Å². The van der Waals surface area contributed by atoms with Crippen molar-refractivity contribution in [2.75, 3.05) is 6.54 Å². The second kappa shape index (κ2) is 5.69. The molecule has 0 aromatic carbocycles. The lowest BCUT2D eigenvalue weighted by molar-refractivity contribution is -0.147. The zero-order valence-electron chi connectivity index (χ0n) is 11.2. The number of aryl methyl sites for hydroxylation is 1. The Bertz CT molecular complexity index is 550. The molecule has 19 heavy (non-hydrogen) atoms. The van der Waals surface area contributed by atoms with Crippen LogP contribution in [0.25, 0.3) is 0 Å². The number of carboxylic acid groups (broad SMARTS) is 1. The predicted octanol–water partition coefficient (Wildman–Crippen LogP) is 0.914. The minimum absolute atomic E-state index is 0.0190. The van der Waals surface area contributed by atoms with Crippen LogP contribution in [0.3, 0.4) is 0 Å². The van der Waals surface area contributed by atoms with E-state index in [9.17, 15) is 14.4 Å². The summed E-state index contributed by atoms with van der Waals surface area (Å²) in [5.41, 5.74) is -0.783. The number of aromatic nitrogens is 1. The largest absolute Gasteiger partial charge is 0.481 e. The molecule has 3 N–H and O–H groups in total. The van der Waals surface area contributed by atoms with Crippen LogP contribution in [0, 0.1) is 12.3 Å². The quantitative estimate of drug-likeness (QED) is 0.737. The third-order valence-corrected chi connectivity index (χ3v) is 3.24. The number of rotatable bonds is 5. The van der Waals surface area contributed by atoms with Crippen LogP contribution in [0.1, 0.15) is 36.3 Å². The van der Waals surface area contributed by atoms with Gasteiger partial charge >= 0.3 is 5.97 Å². The van der Waals surface area contributed by atoms with Crippen molar-refractivity contribution in [1.29, 1.82) is 0 Å². The van der Waals surface area contributed by atoms with E-state index in [1.807, 2.05) is 0 Å². The van der Waals surface area contributed by atoms with Crippen LogP contribution < -0.4 is 10.7 Å². The van der Waals surface area contributed by atoms with Crippen molar-refractivity contribution in [3.8, 4) is 0 Å². The highest BCUT2D eigenvalue weighted by Crippen LogP contribution is 2.19. The first-order valence-corrected chi connectivity index (χ1v) is 6.01. The third-order valence-electron chi connectivity index (χ3n) is 3.24. The molecule has 1 atom stereocenters. The highest BCUT2D eigenvalue weighted by Gasteiger charge is 2.31. The Kier molecular flexibility index (Phi) is 4.47. The van der Waals surface area contributed by atoms with Crippen molar-refractivity contribution in [2.45, 2.75) is 27.2 Å². The highest BCUT2D eigenvalue weighted by atomic mass is 16.4. The van der Waals surface area contributed by atoms with E-state index in [0.717, 1.165) is 0 Å². The van der Waals surface area contributed by atoms with Crippen LogP contribution >= 0.6 is 0 Å². The molecule has 0 aliphatic carbocycles. The number of carbonyl (C=O) groups excluding carboxylic acids is 1. The molecule has 1 aromatic rings. The maximum atomic E-state index is 11.8. The van der Waals surface area contributed by atoms with Gasteiger partial charge in [0.2, 0.25) is 0 Å². The summed E-state index contributed by atoms with van der Waals surface area (Å²) in [7, 11) is 0. The van der Waals surface area contributed by atoms with Crippen LogP contribution in [0.4, 0.5) is 0 Å². The standard InChI is InChI=1S/C13H18N2O4/c1-4-13(3,12(18)19)7-15-11(17)9-6-14-8(2)5-10(9)16/h5-6H,4,7H2,1-3H3,(H,14,16)(H,15,17)(H,18,19). The second-order valence-corrected chi connectivity index (χ2v) is 4.80. The fourth-order valence-corrected chi connectivity index (χ4v) is 1.47. The molecule has 1 aromatic heterocycles. The Morgan fingerprint density at radius 3 is 2.58 bits per heavy atom. The van der Waals surface area contributed by atoms with E-state index in [1.54, 1.807) is 20.8 Å². The van der Waals surface area contributed by atoms with Crippen LogP contribution in [-0.4, -0.2) is 28.5 Å². The van der Waals surface area contributed by atoms with E-state index in [1.165, 1.54) is 12.3 Å². The van der Waals surface area contributed by atoms with Gasteiger partial charge in [-0.15, -0.1) is 0 Å². The zero-order chi connectivity index (χ0) is 14.6. The van der Waals surface area contributed by atoms with Gasteiger partial charge in [-0.05, 0) is 20.3 Å². The van der Waals surface area contributed by atoms with Crippen LogP contribution in [0.5, 0.6) is 0 Å². The number of carboxylic acids is 1. The highest BCUT2D eigenvalue weighted by molar-refractivity contribution is 5.94. The molecule has 6 heteroatoms. The zero-order valence-corrected chi connectivity index (χ0v) is 11.2. The summed E-state index contributed by atoms with van der Waals surface area (Å²) in [4.78, 5) is 37.3. The number of aromatic amines is 1. The summed E-state index contributed by atoms with van der Waals surface area (Å²) in [6, 6.07) is 1.32. The Hall–Kier alpha value is -2.11. The van der Waals surface area contributed by atoms with Gasteiger partial charge in [0.15, 0.2) is 5.43 Å². The van der Waals surface area contributed by atoms with Gasteiger partial charge < -0.3 is 15.4 Å². The van der Waals surface area contributed by atoms with Crippen LogP contribution in [0.15, 0.2) is 17.1 Å². The first kappa shape index (κ1) is 14.9. The molecule has 0 aliphatic rings. The molecule has 1 unspecified atom stereocenters. The van der Waals surface area contributed by atoms with E-state index in [4.69, 9.17) is 5.11 Å².